The van der Waals surface area contributed by atoms with Crippen LogP contribution in [0.1, 0.15) is 24.0 Å². The molecule has 154 valence electrons. The molecule has 2 rings (SSSR count). The second-order valence-electron chi connectivity index (χ2n) is 6.51. The molecule has 0 aliphatic heterocycles. The Bertz CT molecular complexity index is 596. The van der Waals surface area contributed by atoms with Crippen molar-refractivity contribution in [3.8, 4) is 11.5 Å². The van der Waals surface area contributed by atoms with Crippen molar-refractivity contribution in [2.75, 3.05) is 27.4 Å². The molecule has 2 atom stereocenters. The third-order valence-corrected chi connectivity index (χ3v) is 4.42. The average Bonchev–Trinajstić information content (AvgIpc) is 2.74. The Morgan fingerprint density at radius 2 is 1.00 bits per heavy atom. The van der Waals surface area contributed by atoms with Crippen molar-refractivity contribution in [1.82, 2.24) is 0 Å². The van der Waals surface area contributed by atoms with Crippen LogP contribution in [0.15, 0.2) is 48.5 Å². The van der Waals surface area contributed by atoms with E-state index in [1.165, 1.54) is 0 Å². The number of methoxy groups -OCH3 is 2. The lowest BCUT2D eigenvalue weighted by Gasteiger charge is -2.18. The molecule has 0 unspecified atom stereocenters. The quantitative estimate of drug-likeness (QED) is 0.512. The van der Waals surface area contributed by atoms with E-state index in [1.54, 1.807) is 14.2 Å². The molecule has 0 radical (unpaired) electrons. The third kappa shape index (κ3) is 7.86. The molecule has 0 amide bonds. The number of rotatable bonds is 13. The van der Waals surface area contributed by atoms with Crippen LogP contribution in [-0.2, 0) is 22.7 Å². The predicted octanol–water partition coefficient (Wildman–Crippen LogP) is 2.94. The highest BCUT2D eigenvalue weighted by atomic mass is 16.5. The minimum Gasteiger partial charge on any atom is -0.497 e. The van der Waals surface area contributed by atoms with Gasteiger partial charge in [-0.2, -0.15) is 0 Å². The molecule has 0 bridgehead atoms. The summed E-state index contributed by atoms with van der Waals surface area (Å²) in [7, 11) is 3.25. The lowest BCUT2D eigenvalue weighted by atomic mass is 10.1. The highest BCUT2D eigenvalue weighted by Crippen LogP contribution is 2.14. The van der Waals surface area contributed by atoms with Crippen LogP contribution in [0.5, 0.6) is 11.5 Å². The standard InChI is InChI=1S/C22H30O6/c1-25-19-7-3-17(4-8-19)15-27-13-11-21(23)22(24)12-14-28-16-18-5-9-20(26-2)10-6-18/h3-10,21-24H,11-16H2,1-2H3/t21-,22-/m0/s1. The zero-order valence-electron chi connectivity index (χ0n) is 16.5. The van der Waals surface area contributed by atoms with E-state index in [1.807, 2.05) is 48.5 Å². The van der Waals surface area contributed by atoms with Gasteiger partial charge >= 0.3 is 0 Å². The highest BCUT2D eigenvalue weighted by molar-refractivity contribution is 5.27. The topological polar surface area (TPSA) is 77.4 Å². The number of hydrogen-bond donors (Lipinski definition) is 2. The van der Waals surface area contributed by atoms with Gasteiger partial charge in [-0.1, -0.05) is 24.3 Å². The summed E-state index contributed by atoms with van der Waals surface area (Å²) in [5, 5.41) is 20.1. The molecule has 6 heteroatoms. The minimum absolute atomic E-state index is 0.371. The first-order valence-electron chi connectivity index (χ1n) is 9.40. The Kier molecular flexibility index (Phi) is 9.79. The van der Waals surface area contributed by atoms with Crippen LogP contribution in [0.4, 0.5) is 0 Å². The van der Waals surface area contributed by atoms with E-state index in [4.69, 9.17) is 18.9 Å². The van der Waals surface area contributed by atoms with Crippen LogP contribution in [0, 0.1) is 0 Å². The van der Waals surface area contributed by atoms with E-state index in [-0.39, 0.29) is 0 Å². The highest BCUT2D eigenvalue weighted by Gasteiger charge is 2.15. The zero-order valence-corrected chi connectivity index (χ0v) is 16.5. The van der Waals surface area contributed by atoms with E-state index in [0.29, 0.717) is 39.3 Å². The van der Waals surface area contributed by atoms with Crippen LogP contribution in [-0.4, -0.2) is 49.9 Å². The van der Waals surface area contributed by atoms with Crippen LogP contribution in [0.2, 0.25) is 0 Å². The summed E-state index contributed by atoms with van der Waals surface area (Å²) >= 11 is 0. The fourth-order valence-corrected chi connectivity index (χ4v) is 2.62. The SMILES string of the molecule is COc1ccc(COCC[C@H](O)[C@@H](O)CCOCc2ccc(OC)cc2)cc1. The number of hydrogen-bond acceptors (Lipinski definition) is 6. The molecule has 28 heavy (non-hydrogen) atoms. The molecule has 6 nitrogen and oxygen atoms in total. The van der Waals surface area contributed by atoms with Crippen LogP contribution < -0.4 is 9.47 Å². The summed E-state index contributed by atoms with van der Waals surface area (Å²) in [6, 6.07) is 15.3. The predicted molar refractivity (Wildman–Crippen MR) is 107 cm³/mol. The van der Waals surface area contributed by atoms with Gasteiger partial charge in [-0.3, -0.25) is 0 Å². The summed E-state index contributed by atoms with van der Waals surface area (Å²) in [6.07, 6.45) is -0.924. The monoisotopic (exact) mass is 390 g/mol. The van der Waals surface area contributed by atoms with Gasteiger partial charge in [-0.15, -0.1) is 0 Å². The summed E-state index contributed by atoms with van der Waals surface area (Å²) in [5.41, 5.74) is 2.06. The first kappa shape index (κ1) is 22.2. The maximum Gasteiger partial charge on any atom is 0.118 e. The number of benzene rings is 2. The smallest absolute Gasteiger partial charge is 0.118 e. The molecule has 2 aromatic rings. The first-order chi connectivity index (χ1) is 13.6. The molecular weight excluding hydrogens is 360 g/mol. The lowest BCUT2D eigenvalue weighted by Crippen LogP contribution is -2.28. The van der Waals surface area contributed by atoms with Crippen molar-refractivity contribution in [3.05, 3.63) is 59.7 Å². The molecular formula is C22H30O6. The molecule has 0 heterocycles. The average molecular weight is 390 g/mol. The largest absolute Gasteiger partial charge is 0.497 e. The van der Waals surface area contributed by atoms with E-state index in [2.05, 4.69) is 0 Å². The molecule has 0 spiro atoms. The van der Waals surface area contributed by atoms with Crippen LogP contribution in [0.3, 0.4) is 0 Å². The number of ether oxygens (including phenoxy) is 4. The van der Waals surface area contributed by atoms with E-state index >= 15 is 0 Å². The van der Waals surface area contributed by atoms with Crippen molar-refractivity contribution in [1.29, 1.82) is 0 Å². The fourth-order valence-electron chi connectivity index (χ4n) is 2.62. The molecule has 2 N–H and O–H groups in total. The Hall–Kier alpha value is -2.12. The summed E-state index contributed by atoms with van der Waals surface area (Å²) in [6.45, 7) is 1.66. The Morgan fingerprint density at radius 1 is 0.643 bits per heavy atom. The van der Waals surface area contributed by atoms with Crippen LogP contribution in [0.25, 0.3) is 0 Å². The van der Waals surface area contributed by atoms with Crippen molar-refractivity contribution in [2.24, 2.45) is 0 Å². The van der Waals surface area contributed by atoms with Gasteiger partial charge in [0.15, 0.2) is 0 Å². The van der Waals surface area contributed by atoms with Gasteiger partial charge in [0.05, 0.1) is 39.6 Å². The number of aliphatic hydroxyl groups is 2. The van der Waals surface area contributed by atoms with Gasteiger partial charge < -0.3 is 29.2 Å². The van der Waals surface area contributed by atoms with Gasteiger partial charge in [0.1, 0.15) is 11.5 Å². The summed E-state index contributed by atoms with van der Waals surface area (Å²) in [5.74, 6) is 1.60. The molecule has 0 fully saturated rings. The third-order valence-electron chi connectivity index (χ3n) is 4.42. The van der Waals surface area contributed by atoms with Gasteiger partial charge in [-0.05, 0) is 48.2 Å². The van der Waals surface area contributed by atoms with Crippen LogP contribution >= 0.6 is 0 Å². The maximum absolute atomic E-state index is 10.0. The van der Waals surface area contributed by atoms with Crippen molar-refractivity contribution < 1.29 is 29.2 Å². The molecule has 0 aromatic heterocycles. The van der Waals surface area contributed by atoms with Gasteiger partial charge in [-0.25, -0.2) is 0 Å². The Morgan fingerprint density at radius 3 is 1.32 bits per heavy atom. The van der Waals surface area contributed by atoms with Gasteiger partial charge in [0.25, 0.3) is 0 Å². The van der Waals surface area contributed by atoms with Crippen molar-refractivity contribution in [2.45, 2.75) is 38.3 Å². The van der Waals surface area contributed by atoms with E-state index < -0.39 is 12.2 Å². The van der Waals surface area contributed by atoms with Gasteiger partial charge in [0, 0.05) is 13.2 Å². The molecule has 0 saturated carbocycles. The number of aliphatic hydroxyl groups excluding tert-OH is 2. The van der Waals surface area contributed by atoms with Crippen molar-refractivity contribution in [3.63, 3.8) is 0 Å². The maximum atomic E-state index is 10.0. The van der Waals surface area contributed by atoms with Gasteiger partial charge in [0.2, 0.25) is 0 Å². The molecule has 0 saturated heterocycles. The second kappa shape index (κ2) is 12.4. The van der Waals surface area contributed by atoms with Crippen molar-refractivity contribution >= 4 is 0 Å². The first-order valence-corrected chi connectivity index (χ1v) is 9.40. The van der Waals surface area contributed by atoms with E-state index in [9.17, 15) is 10.2 Å². The molecule has 2 aromatic carbocycles. The Balaban J connectivity index is 1.55. The van der Waals surface area contributed by atoms with E-state index in [0.717, 1.165) is 22.6 Å². The second-order valence-corrected chi connectivity index (χ2v) is 6.51. The fraction of sp³-hybridized carbons (Fsp3) is 0.455. The summed E-state index contributed by atoms with van der Waals surface area (Å²) in [4.78, 5) is 0. The Labute approximate surface area is 166 Å². The molecule has 0 aliphatic carbocycles. The minimum atomic E-state index is -0.833. The zero-order chi connectivity index (χ0) is 20.2. The lowest BCUT2D eigenvalue weighted by molar-refractivity contribution is -0.0246. The summed E-state index contributed by atoms with van der Waals surface area (Å²) < 4.78 is 21.3. The molecule has 0 aliphatic rings. The normalized spacial score (nSPS) is 13.1.